The number of aromatic nitrogens is 2. The summed E-state index contributed by atoms with van der Waals surface area (Å²) in [6.45, 7) is 4.02. The molecule has 3 aromatic rings. The second-order valence-corrected chi connectivity index (χ2v) is 6.67. The molecule has 0 aliphatic carbocycles. The van der Waals surface area contributed by atoms with Crippen LogP contribution in [0.15, 0.2) is 47.5 Å². The first kappa shape index (κ1) is 20.1. The minimum Gasteiger partial charge on any atom is -0.504 e. The van der Waals surface area contributed by atoms with Crippen LogP contribution < -0.4 is 15.6 Å². The number of carbonyl (C=O) groups is 1. The second kappa shape index (κ2) is 8.60. The van der Waals surface area contributed by atoms with E-state index in [0.29, 0.717) is 23.3 Å². The second-order valence-electron chi connectivity index (χ2n) is 6.67. The molecule has 0 bridgehead atoms. The van der Waals surface area contributed by atoms with Gasteiger partial charge in [-0.3, -0.25) is 14.6 Å². The van der Waals surface area contributed by atoms with E-state index in [1.54, 1.807) is 24.4 Å². The molecule has 0 saturated carbocycles. The summed E-state index contributed by atoms with van der Waals surface area (Å²) in [5.41, 5.74) is 4.11. The number of phenols is 1. The third kappa shape index (κ3) is 4.45. The molecule has 3 rings (SSSR count). The summed E-state index contributed by atoms with van der Waals surface area (Å²) in [4.78, 5) is 31.6. The van der Waals surface area contributed by atoms with Crippen molar-refractivity contribution < 1.29 is 14.6 Å². The van der Waals surface area contributed by atoms with Crippen LogP contribution in [0.4, 0.5) is 0 Å². The van der Waals surface area contributed by atoms with E-state index < -0.39 is 0 Å². The quantitative estimate of drug-likeness (QED) is 0.597. The van der Waals surface area contributed by atoms with Gasteiger partial charge in [-0.2, -0.15) is 0 Å². The number of rotatable bonds is 6. The number of benzene rings is 1. The number of hydrogen-bond acceptors (Lipinski definition) is 5. The van der Waals surface area contributed by atoms with Gasteiger partial charge in [-0.15, -0.1) is 0 Å². The number of nitrogens with zero attached hydrogens (tertiary/aromatic N) is 1. The van der Waals surface area contributed by atoms with E-state index in [-0.39, 0.29) is 23.8 Å². The van der Waals surface area contributed by atoms with E-state index in [1.165, 1.54) is 19.4 Å². The highest BCUT2D eigenvalue weighted by Gasteiger charge is 2.12. The molecule has 0 aliphatic rings. The van der Waals surface area contributed by atoms with Gasteiger partial charge in [0.15, 0.2) is 11.5 Å². The van der Waals surface area contributed by atoms with Crippen molar-refractivity contribution in [1.29, 1.82) is 0 Å². The number of nitrogens with one attached hydrogen (secondary N) is 2. The zero-order valence-electron chi connectivity index (χ0n) is 16.6. The number of ether oxygens (including phenoxy) is 1. The molecule has 7 nitrogen and oxygen atoms in total. The number of hydrogen-bond donors (Lipinski definition) is 3. The predicted octanol–water partition coefficient (Wildman–Crippen LogP) is 2.95. The average Bonchev–Trinajstić information content (AvgIpc) is 2.73. The first-order chi connectivity index (χ1) is 13.9. The molecule has 1 amide bonds. The fourth-order valence-electron chi connectivity index (χ4n) is 3.06. The van der Waals surface area contributed by atoms with E-state index in [1.807, 2.05) is 19.9 Å². The molecular formula is C22H23N3O4. The van der Waals surface area contributed by atoms with Gasteiger partial charge >= 0.3 is 0 Å². The van der Waals surface area contributed by atoms with Crippen LogP contribution >= 0.6 is 0 Å². The van der Waals surface area contributed by atoms with Gasteiger partial charge in [0.2, 0.25) is 0 Å². The van der Waals surface area contributed by atoms with Gasteiger partial charge in [0, 0.05) is 41.3 Å². The van der Waals surface area contributed by atoms with Crippen molar-refractivity contribution in [3.05, 3.63) is 75.5 Å². The summed E-state index contributed by atoms with van der Waals surface area (Å²) in [5.74, 6) is 0.118. The first-order valence-electron chi connectivity index (χ1n) is 9.25. The van der Waals surface area contributed by atoms with E-state index in [0.717, 1.165) is 22.4 Å². The van der Waals surface area contributed by atoms with Crippen LogP contribution in [0.2, 0.25) is 0 Å². The third-order valence-corrected chi connectivity index (χ3v) is 4.70. The van der Waals surface area contributed by atoms with Crippen LogP contribution in [0, 0.1) is 6.92 Å². The minimum absolute atomic E-state index is 0.0437. The summed E-state index contributed by atoms with van der Waals surface area (Å²) in [7, 11) is 1.47. The molecule has 0 aliphatic heterocycles. The third-order valence-electron chi connectivity index (χ3n) is 4.70. The number of pyridine rings is 2. The Bertz CT molecular complexity index is 1110. The number of aromatic hydroxyl groups is 1. The Morgan fingerprint density at radius 2 is 2.03 bits per heavy atom. The Morgan fingerprint density at radius 3 is 2.76 bits per heavy atom. The summed E-state index contributed by atoms with van der Waals surface area (Å²) < 4.78 is 5.08. The van der Waals surface area contributed by atoms with Gasteiger partial charge < -0.3 is 20.1 Å². The Morgan fingerprint density at radius 1 is 1.24 bits per heavy atom. The fraction of sp³-hybridized carbons (Fsp3) is 0.227. The lowest BCUT2D eigenvalue weighted by Gasteiger charge is -2.10. The maximum absolute atomic E-state index is 12.6. The number of amides is 1. The molecule has 0 unspecified atom stereocenters. The molecule has 29 heavy (non-hydrogen) atoms. The van der Waals surface area contributed by atoms with Gasteiger partial charge in [0.1, 0.15) is 0 Å². The SMILES string of the molecule is CCc1cc(-c2cncc(C(=O)NCc3ccc(O)c(OC)c3)c2)c(C)[nH]c1=O. The van der Waals surface area contributed by atoms with Crippen molar-refractivity contribution >= 4 is 5.91 Å². The summed E-state index contributed by atoms with van der Waals surface area (Å²) >= 11 is 0. The van der Waals surface area contributed by atoms with E-state index >= 15 is 0 Å². The Kier molecular flexibility index (Phi) is 5.97. The zero-order valence-corrected chi connectivity index (χ0v) is 16.6. The van der Waals surface area contributed by atoms with Gasteiger partial charge in [0.05, 0.1) is 12.7 Å². The number of carbonyl (C=O) groups excluding carboxylic acids is 1. The first-order valence-corrected chi connectivity index (χ1v) is 9.25. The van der Waals surface area contributed by atoms with E-state index in [2.05, 4.69) is 15.3 Å². The van der Waals surface area contributed by atoms with Crippen LogP contribution in [0.5, 0.6) is 11.5 Å². The van der Waals surface area contributed by atoms with Crippen LogP contribution in [0.25, 0.3) is 11.1 Å². The Balaban J connectivity index is 1.81. The van der Waals surface area contributed by atoms with Crippen molar-refractivity contribution in [1.82, 2.24) is 15.3 Å². The monoisotopic (exact) mass is 393 g/mol. The molecule has 0 saturated heterocycles. The maximum atomic E-state index is 12.6. The normalized spacial score (nSPS) is 10.6. The average molecular weight is 393 g/mol. The van der Waals surface area contributed by atoms with Crippen LogP contribution in [0.1, 0.15) is 34.1 Å². The number of aryl methyl sites for hydroxylation is 2. The summed E-state index contributed by atoms with van der Waals surface area (Å²) in [5, 5.41) is 12.5. The molecule has 7 heteroatoms. The Hall–Kier alpha value is -3.61. The molecule has 2 heterocycles. The van der Waals surface area contributed by atoms with Gasteiger partial charge in [-0.25, -0.2) is 0 Å². The van der Waals surface area contributed by atoms with Crippen LogP contribution in [-0.2, 0) is 13.0 Å². The molecule has 3 N–H and O–H groups in total. The van der Waals surface area contributed by atoms with Crippen molar-refractivity contribution in [3.8, 4) is 22.6 Å². The standard InChI is InChI=1S/C22H23N3O4/c1-4-15-9-18(13(2)25-22(15)28)16-8-17(12-23-11-16)21(27)24-10-14-5-6-19(26)20(7-14)29-3/h5-9,11-12,26H,4,10H2,1-3H3,(H,24,27)(H,25,28). The van der Waals surface area contributed by atoms with E-state index in [4.69, 9.17) is 4.74 Å². The molecule has 0 radical (unpaired) electrons. The molecule has 150 valence electrons. The largest absolute Gasteiger partial charge is 0.504 e. The highest BCUT2D eigenvalue weighted by atomic mass is 16.5. The smallest absolute Gasteiger partial charge is 0.253 e. The molecule has 0 atom stereocenters. The highest BCUT2D eigenvalue weighted by Crippen LogP contribution is 2.26. The highest BCUT2D eigenvalue weighted by molar-refractivity contribution is 5.95. The van der Waals surface area contributed by atoms with Gasteiger partial charge in [0.25, 0.3) is 11.5 Å². The van der Waals surface area contributed by atoms with Gasteiger partial charge in [-0.05, 0) is 43.2 Å². The lowest BCUT2D eigenvalue weighted by Crippen LogP contribution is -2.23. The Labute approximate surface area is 168 Å². The van der Waals surface area contributed by atoms with Crippen molar-refractivity contribution in [2.45, 2.75) is 26.8 Å². The molecule has 0 fully saturated rings. The van der Waals surface area contributed by atoms with Crippen LogP contribution in [0.3, 0.4) is 0 Å². The lowest BCUT2D eigenvalue weighted by atomic mass is 10.0. The zero-order chi connectivity index (χ0) is 21.0. The predicted molar refractivity (Wildman–Crippen MR) is 110 cm³/mol. The summed E-state index contributed by atoms with van der Waals surface area (Å²) in [6.07, 6.45) is 3.78. The van der Waals surface area contributed by atoms with Crippen molar-refractivity contribution in [3.63, 3.8) is 0 Å². The minimum atomic E-state index is -0.274. The van der Waals surface area contributed by atoms with Crippen molar-refractivity contribution in [2.24, 2.45) is 0 Å². The number of phenolic OH excluding ortho intramolecular Hbond substituents is 1. The number of methoxy groups -OCH3 is 1. The maximum Gasteiger partial charge on any atom is 0.253 e. The molecular weight excluding hydrogens is 370 g/mol. The molecule has 2 aromatic heterocycles. The van der Waals surface area contributed by atoms with Gasteiger partial charge in [-0.1, -0.05) is 13.0 Å². The number of aromatic amines is 1. The number of H-pyrrole nitrogens is 1. The molecule has 1 aromatic carbocycles. The van der Waals surface area contributed by atoms with Crippen molar-refractivity contribution in [2.75, 3.05) is 7.11 Å². The lowest BCUT2D eigenvalue weighted by molar-refractivity contribution is 0.0950. The topological polar surface area (TPSA) is 104 Å². The van der Waals surface area contributed by atoms with E-state index in [9.17, 15) is 14.7 Å². The fourth-order valence-corrected chi connectivity index (χ4v) is 3.06. The summed E-state index contributed by atoms with van der Waals surface area (Å²) in [6, 6.07) is 8.49. The molecule has 0 spiro atoms. The van der Waals surface area contributed by atoms with Crippen LogP contribution in [-0.4, -0.2) is 28.1 Å².